The van der Waals surface area contributed by atoms with Crippen LogP contribution in [0.1, 0.15) is 0 Å². The van der Waals surface area contributed by atoms with E-state index in [-0.39, 0.29) is 0 Å². The molecule has 0 aliphatic rings. The van der Waals surface area contributed by atoms with Crippen molar-refractivity contribution < 1.29 is 0 Å². The zero-order valence-electron chi connectivity index (χ0n) is 65.2. The smallest absolute Gasteiger partial charge is 0.0468 e. The van der Waals surface area contributed by atoms with Crippen LogP contribution in [0.4, 0.5) is 34.1 Å². The van der Waals surface area contributed by atoms with E-state index in [0.29, 0.717) is 0 Å². The Morgan fingerprint density at radius 2 is 0.288 bits per heavy atom. The fourth-order valence-corrected chi connectivity index (χ4v) is 16.3. The fraction of sp³-hybridized carbons (Fsp3) is 0. The van der Waals surface area contributed by atoms with Gasteiger partial charge in [-0.2, -0.15) is 0 Å². The van der Waals surface area contributed by atoms with Gasteiger partial charge in [0.1, 0.15) is 0 Å². The Hall–Kier alpha value is -15.5. The summed E-state index contributed by atoms with van der Waals surface area (Å²) in [5.74, 6) is 0. The second-order valence-corrected chi connectivity index (χ2v) is 30.0. The minimum absolute atomic E-state index is 1.08. The number of rotatable bonds is 18. The van der Waals surface area contributed by atoms with Gasteiger partial charge in [-0.25, -0.2) is 0 Å². The highest BCUT2D eigenvalue weighted by atomic mass is 15.1. The molecule has 0 bridgehead atoms. The van der Waals surface area contributed by atoms with Crippen LogP contribution in [0.5, 0.6) is 0 Å². The van der Waals surface area contributed by atoms with Crippen molar-refractivity contribution in [2.75, 3.05) is 9.80 Å². The third kappa shape index (κ3) is 15.9. The van der Waals surface area contributed by atoms with Crippen LogP contribution >= 0.6 is 0 Å². The van der Waals surface area contributed by atoms with Crippen molar-refractivity contribution in [2.24, 2.45) is 0 Å². The van der Waals surface area contributed by atoms with Crippen LogP contribution in [0, 0.1) is 0 Å². The molecule has 0 aliphatic heterocycles. The highest BCUT2D eigenvalue weighted by Crippen LogP contribution is 2.46. The van der Waals surface area contributed by atoms with Gasteiger partial charge in [0.05, 0.1) is 0 Å². The lowest BCUT2D eigenvalue weighted by molar-refractivity contribution is 1.28. The van der Waals surface area contributed by atoms with Gasteiger partial charge in [0.25, 0.3) is 0 Å². The third-order valence-electron chi connectivity index (χ3n) is 22.6. The zero-order valence-corrected chi connectivity index (χ0v) is 65.2. The van der Waals surface area contributed by atoms with Gasteiger partial charge in [-0.3, -0.25) is 0 Å². The summed E-state index contributed by atoms with van der Waals surface area (Å²) in [7, 11) is 0. The first-order valence-electron chi connectivity index (χ1n) is 40.5. The Kier molecular flexibility index (Phi) is 20.8. The molecule has 0 spiro atoms. The number of benzene rings is 20. The van der Waals surface area contributed by atoms with Gasteiger partial charge in [-0.05, 0) is 246 Å². The SMILES string of the molecule is c1ccc(-c2ccc(-c3cc(N(c4ccc(-c5ccccc5)cc4)c4ccc(-c5ccc6ccccc6c5)cc4)ccc3-c3cccc(-c4ccccc4)c3)cc2)cc1.c1ccc(-c2ccc(-c3ccc(N(c4ccc(-c5ccccc5)cc4)c4ccc(-c5ccc6ccccc6c5)cc4)cc3-c3ccc(-c4ccccc4)cc3)cc2)cc1. The Labute approximate surface area is 691 Å². The summed E-state index contributed by atoms with van der Waals surface area (Å²) in [5.41, 5.74) is 35.1. The van der Waals surface area contributed by atoms with Crippen LogP contribution in [0.3, 0.4) is 0 Å². The number of hydrogen-bond donors (Lipinski definition) is 0. The molecule has 0 saturated carbocycles. The Balaban J connectivity index is 0.000000157. The van der Waals surface area contributed by atoms with Crippen LogP contribution in [-0.4, -0.2) is 0 Å². The molecule has 2 nitrogen and oxygen atoms in total. The molecular weight excluding hydrogens is 1420 g/mol. The van der Waals surface area contributed by atoms with Gasteiger partial charge < -0.3 is 9.80 Å². The highest BCUT2D eigenvalue weighted by molar-refractivity contribution is 5.95. The first kappa shape index (κ1) is 72.7. The van der Waals surface area contributed by atoms with Gasteiger partial charge in [0.2, 0.25) is 0 Å². The minimum atomic E-state index is 1.08. The zero-order chi connectivity index (χ0) is 78.8. The molecule has 118 heavy (non-hydrogen) atoms. The largest absolute Gasteiger partial charge is 0.310 e. The fourth-order valence-electron chi connectivity index (χ4n) is 16.3. The van der Waals surface area contributed by atoms with Crippen molar-refractivity contribution in [1.29, 1.82) is 0 Å². The van der Waals surface area contributed by atoms with E-state index in [4.69, 9.17) is 0 Å². The van der Waals surface area contributed by atoms with Crippen LogP contribution in [0.25, 0.3) is 155 Å². The monoisotopic (exact) mass is 1500 g/mol. The van der Waals surface area contributed by atoms with Gasteiger partial charge in [-0.15, -0.1) is 0 Å². The van der Waals surface area contributed by atoms with Gasteiger partial charge in [-0.1, -0.05) is 406 Å². The van der Waals surface area contributed by atoms with Gasteiger partial charge in [0, 0.05) is 34.1 Å². The summed E-state index contributed by atoms with van der Waals surface area (Å²) in [4.78, 5) is 4.76. The lowest BCUT2D eigenvalue weighted by Gasteiger charge is -2.27. The average Bonchev–Trinajstić information content (AvgIpc) is 0.774. The van der Waals surface area contributed by atoms with E-state index in [2.05, 4.69) is 507 Å². The first-order valence-corrected chi connectivity index (χ1v) is 40.5. The van der Waals surface area contributed by atoms with E-state index in [9.17, 15) is 0 Å². The molecule has 0 N–H and O–H groups in total. The van der Waals surface area contributed by atoms with E-state index in [1.54, 1.807) is 0 Å². The molecule has 0 atom stereocenters. The van der Waals surface area contributed by atoms with E-state index in [1.807, 2.05) is 0 Å². The molecule has 0 fully saturated rings. The molecule has 20 rings (SSSR count). The number of fused-ring (bicyclic) bond motifs is 2. The molecule has 0 amide bonds. The van der Waals surface area contributed by atoms with Crippen LogP contribution in [0.15, 0.2) is 497 Å². The van der Waals surface area contributed by atoms with Crippen LogP contribution < -0.4 is 9.80 Å². The summed E-state index contributed by atoms with van der Waals surface area (Å²) in [5, 5.41) is 4.99. The quantitative estimate of drug-likeness (QED) is 0.0845. The summed E-state index contributed by atoms with van der Waals surface area (Å²) >= 11 is 0. The standard InChI is InChI=1S/2C58H41N/c1-4-13-42(14-5-1)46-23-26-49(27-24-46)58-41-56(37-38-57(58)53-22-12-21-51(40-53)44-17-8-3-9-18-44)59(54-33-29-47(30-34-54)43-15-6-2-7-16-43)55-35-31-48(32-36-55)52-28-25-45-19-10-11-20-50(45)39-52;1-4-12-42(13-5-1)46-20-25-50(26-21-46)57-39-38-56(41-58(57)51-27-22-47(23-28-51)43-14-6-2-7-15-43)59(54-34-30-48(31-35-54)44-16-8-3-9-17-44)55-36-32-49(33-37-55)53-29-24-45-18-10-11-19-52(45)40-53/h2*1-41H. The molecule has 0 radical (unpaired) electrons. The van der Waals surface area contributed by atoms with Crippen LogP contribution in [0.2, 0.25) is 0 Å². The predicted octanol–water partition coefficient (Wildman–Crippen LogP) is 32.6. The maximum Gasteiger partial charge on any atom is 0.0468 e. The Morgan fingerprint density at radius 3 is 0.602 bits per heavy atom. The van der Waals surface area contributed by atoms with E-state index >= 15 is 0 Å². The summed E-state index contributed by atoms with van der Waals surface area (Å²) < 4.78 is 0. The van der Waals surface area contributed by atoms with Crippen molar-refractivity contribution in [3.63, 3.8) is 0 Å². The number of anilines is 6. The Bertz CT molecular complexity index is 6800. The highest BCUT2D eigenvalue weighted by Gasteiger charge is 2.21. The summed E-state index contributed by atoms with van der Waals surface area (Å²) in [6.45, 7) is 0. The molecule has 2 heteroatoms. The molecular formula is C116H82N2. The van der Waals surface area contributed by atoms with Crippen LogP contribution in [-0.2, 0) is 0 Å². The maximum atomic E-state index is 2.38. The third-order valence-corrected chi connectivity index (χ3v) is 22.6. The summed E-state index contributed by atoms with van der Waals surface area (Å²) in [6.07, 6.45) is 0. The second kappa shape index (κ2) is 33.7. The van der Waals surface area contributed by atoms with Gasteiger partial charge >= 0.3 is 0 Å². The van der Waals surface area contributed by atoms with E-state index in [1.165, 1.54) is 150 Å². The molecule has 0 unspecified atom stereocenters. The number of nitrogens with zero attached hydrogens (tertiary/aromatic N) is 2. The molecule has 0 saturated heterocycles. The van der Waals surface area contributed by atoms with E-state index < -0.39 is 0 Å². The van der Waals surface area contributed by atoms with Crippen molar-refractivity contribution in [3.8, 4) is 134 Å². The normalized spacial score (nSPS) is 11.1. The lowest BCUT2D eigenvalue weighted by Crippen LogP contribution is -2.10. The van der Waals surface area contributed by atoms with Crippen molar-refractivity contribution >= 4 is 55.7 Å². The van der Waals surface area contributed by atoms with Crippen molar-refractivity contribution in [1.82, 2.24) is 0 Å². The van der Waals surface area contributed by atoms with Crippen molar-refractivity contribution in [3.05, 3.63) is 497 Å². The average molecular weight is 1500 g/mol. The topological polar surface area (TPSA) is 6.48 Å². The van der Waals surface area contributed by atoms with E-state index in [0.717, 1.165) is 39.7 Å². The Morgan fingerprint density at radius 1 is 0.0932 bits per heavy atom. The predicted molar refractivity (Wildman–Crippen MR) is 502 cm³/mol. The second-order valence-electron chi connectivity index (χ2n) is 30.0. The maximum absolute atomic E-state index is 2.38. The van der Waals surface area contributed by atoms with Crippen molar-refractivity contribution in [2.45, 2.75) is 0 Å². The first-order chi connectivity index (χ1) is 58.5. The molecule has 0 aliphatic carbocycles. The van der Waals surface area contributed by atoms with Gasteiger partial charge in [0.15, 0.2) is 0 Å². The molecule has 20 aromatic rings. The molecule has 0 aromatic heterocycles. The number of hydrogen-bond acceptors (Lipinski definition) is 2. The minimum Gasteiger partial charge on any atom is -0.310 e. The molecule has 556 valence electrons. The molecule has 20 aromatic carbocycles. The lowest BCUT2D eigenvalue weighted by atomic mass is 9.91. The summed E-state index contributed by atoms with van der Waals surface area (Å²) in [6, 6.07) is 180. The molecule has 0 heterocycles.